The van der Waals surface area contributed by atoms with E-state index in [1.165, 1.54) is 0 Å². The van der Waals surface area contributed by atoms with Gasteiger partial charge in [-0.1, -0.05) is 36.8 Å². The highest BCUT2D eigenvalue weighted by Gasteiger charge is 2.25. The van der Waals surface area contributed by atoms with Crippen LogP contribution in [0.1, 0.15) is 25.7 Å². The molecule has 1 fully saturated rings. The molecule has 0 saturated heterocycles. The van der Waals surface area contributed by atoms with E-state index in [2.05, 4.69) is 10.6 Å². The summed E-state index contributed by atoms with van der Waals surface area (Å²) in [5, 5.41) is 5.94. The highest BCUT2D eigenvalue weighted by Crippen LogP contribution is 2.28. The summed E-state index contributed by atoms with van der Waals surface area (Å²) in [5.41, 5.74) is 1.32. The fourth-order valence-electron chi connectivity index (χ4n) is 3.86. The summed E-state index contributed by atoms with van der Waals surface area (Å²) < 4.78 is 11.2. The lowest BCUT2D eigenvalue weighted by Gasteiger charge is -2.26. The standard InChI is InChI=1S/C28H31N3O4/c1-34-26-14-6-5-13-25(26)30-28(33)31(20-8-19-29-27(32)21-9-7-10-21)22-15-17-24(18-16-22)35-23-11-3-2-4-12-23/h2-6,11-18,21H,7-10,19-20H2,1H3,(H,29,32)(H,30,33). The van der Waals surface area contributed by atoms with E-state index >= 15 is 0 Å². The van der Waals surface area contributed by atoms with Crippen LogP contribution in [0.4, 0.5) is 16.2 Å². The third kappa shape index (κ3) is 6.53. The number of para-hydroxylation sites is 3. The van der Waals surface area contributed by atoms with E-state index in [4.69, 9.17) is 9.47 Å². The Morgan fingerprint density at radius 1 is 0.914 bits per heavy atom. The molecule has 0 aromatic heterocycles. The van der Waals surface area contributed by atoms with E-state index in [9.17, 15) is 9.59 Å². The van der Waals surface area contributed by atoms with Gasteiger partial charge in [0.25, 0.3) is 0 Å². The van der Waals surface area contributed by atoms with Gasteiger partial charge in [-0.3, -0.25) is 9.69 Å². The minimum absolute atomic E-state index is 0.115. The molecular weight excluding hydrogens is 442 g/mol. The summed E-state index contributed by atoms with van der Waals surface area (Å²) in [6, 6.07) is 23.9. The molecule has 7 heteroatoms. The molecule has 0 aliphatic heterocycles. The number of urea groups is 1. The van der Waals surface area contributed by atoms with Crippen LogP contribution in [0, 0.1) is 5.92 Å². The maximum absolute atomic E-state index is 13.3. The molecule has 1 aliphatic carbocycles. The maximum atomic E-state index is 13.3. The van der Waals surface area contributed by atoms with Crippen LogP contribution in [-0.4, -0.2) is 32.1 Å². The summed E-state index contributed by atoms with van der Waals surface area (Å²) >= 11 is 0. The first kappa shape index (κ1) is 24.1. The number of hydrogen-bond donors (Lipinski definition) is 2. The van der Waals surface area contributed by atoms with Crippen LogP contribution in [0.5, 0.6) is 17.2 Å². The van der Waals surface area contributed by atoms with Crippen LogP contribution in [-0.2, 0) is 4.79 Å². The van der Waals surface area contributed by atoms with Crippen molar-refractivity contribution in [2.45, 2.75) is 25.7 Å². The third-order valence-electron chi connectivity index (χ3n) is 6.05. The van der Waals surface area contributed by atoms with Gasteiger partial charge in [-0.25, -0.2) is 4.79 Å². The van der Waals surface area contributed by atoms with Gasteiger partial charge in [0.2, 0.25) is 5.91 Å². The lowest BCUT2D eigenvalue weighted by atomic mass is 9.85. The second-order valence-electron chi connectivity index (χ2n) is 8.46. The molecule has 35 heavy (non-hydrogen) atoms. The summed E-state index contributed by atoms with van der Waals surface area (Å²) in [5.74, 6) is 2.27. The number of carbonyl (C=O) groups is 2. The van der Waals surface area contributed by atoms with Crippen molar-refractivity contribution in [3.63, 3.8) is 0 Å². The molecule has 0 unspecified atom stereocenters. The molecule has 0 heterocycles. The van der Waals surface area contributed by atoms with Crippen molar-refractivity contribution < 1.29 is 19.1 Å². The molecule has 0 radical (unpaired) electrons. The summed E-state index contributed by atoms with van der Waals surface area (Å²) in [4.78, 5) is 27.1. The van der Waals surface area contributed by atoms with E-state index in [0.717, 1.165) is 30.7 Å². The lowest BCUT2D eigenvalue weighted by molar-refractivity contribution is -0.127. The third-order valence-corrected chi connectivity index (χ3v) is 6.05. The normalized spacial score (nSPS) is 12.8. The van der Waals surface area contributed by atoms with Crippen molar-refractivity contribution in [2.24, 2.45) is 5.92 Å². The van der Waals surface area contributed by atoms with Crippen molar-refractivity contribution in [1.82, 2.24) is 5.32 Å². The topological polar surface area (TPSA) is 79.9 Å². The van der Waals surface area contributed by atoms with Gasteiger partial charge in [-0.2, -0.15) is 0 Å². The SMILES string of the molecule is COc1ccccc1NC(=O)N(CCCNC(=O)C1CCC1)c1ccc(Oc2ccccc2)cc1. The van der Waals surface area contributed by atoms with E-state index in [1.54, 1.807) is 24.1 Å². The number of rotatable bonds is 10. The number of nitrogens with zero attached hydrogens (tertiary/aromatic N) is 1. The summed E-state index contributed by atoms with van der Waals surface area (Å²) in [7, 11) is 1.57. The number of nitrogens with one attached hydrogen (secondary N) is 2. The average molecular weight is 474 g/mol. The van der Waals surface area contributed by atoms with Crippen molar-refractivity contribution >= 4 is 23.3 Å². The monoisotopic (exact) mass is 473 g/mol. The number of methoxy groups -OCH3 is 1. The van der Waals surface area contributed by atoms with Crippen LogP contribution in [0.3, 0.4) is 0 Å². The van der Waals surface area contributed by atoms with Crippen molar-refractivity contribution in [3.05, 3.63) is 78.9 Å². The van der Waals surface area contributed by atoms with Crippen LogP contribution in [0.2, 0.25) is 0 Å². The zero-order valence-electron chi connectivity index (χ0n) is 19.9. The number of amides is 3. The Balaban J connectivity index is 1.44. The van der Waals surface area contributed by atoms with Gasteiger partial charge in [0.05, 0.1) is 12.8 Å². The molecular formula is C28H31N3O4. The predicted octanol–water partition coefficient (Wildman–Crippen LogP) is 5.83. The number of benzene rings is 3. The maximum Gasteiger partial charge on any atom is 0.326 e. The molecule has 3 aromatic rings. The molecule has 3 aromatic carbocycles. The van der Waals surface area contributed by atoms with Crippen molar-refractivity contribution in [1.29, 1.82) is 0 Å². The Labute approximate surface area is 206 Å². The summed E-state index contributed by atoms with van der Waals surface area (Å²) in [6.45, 7) is 0.952. The van der Waals surface area contributed by atoms with Gasteiger partial charge in [0.1, 0.15) is 17.2 Å². The first-order valence-corrected chi connectivity index (χ1v) is 12.0. The zero-order valence-corrected chi connectivity index (χ0v) is 19.9. The van der Waals surface area contributed by atoms with E-state index < -0.39 is 0 Å². The molecule has 1 aliphatic rings. The average Bonchev–Trinajstić information content (AvgIpc) is 2.84. The molecule has 0 atom stereocenters. The Morgan fingerprint density at radius 3 is 2.29 bits per heavy atom. The van der Waals surface area contributed by atoms with Crippen molar-refractivity contribution in [3.8, 4) is 17.2 Å². The van der Waals surface area contributed by atoms with Crippen LogP contribution in [0.25, 0.3) is 0 Å². The minimum atomic E-state index is -0.281. The molecule has 0 spiro atoms. The quantitative estimate of drug-likeness (QED) is 0.363. The van der Waals surface area contributed by atoms with Gasteiger partial charge in [0, 0.05) is 24.7 Å². The van der Waals surface area contributed by atoms with Crippen LogP contribution in [0.15, 0.2) is 78.9 Å². The fourth-order valence-corrected chi connectivity index (χ4v) is 3.86. The largest absolute Gasteiger partial charge is 0.495 e. The van der Waals surface area contributed by atoms with Gasteiger partial charge >= 0.3 is 6.03 Å². The fraction of sp³-hybridized carbons (Fsp3) is 0.286. The van der Waals surface area contributed by atoms with E-state index in [-0.39, 0.29) is 17.9 Å². The summed E-state index contributed by atoms with van der Waals surface area (Å²) in [6.07, 6.45) is 3.69. The molecule has 0 bridgehead atoms. The molecule has 7 nitrogen and oxygen atoms in total. The zero-order chi connectivity index (χ0) is 24.5. The lowest BCUT2D eigenvalue weighted by Crippen LogP contribution is -2.39. The van der Waals surface area contributed by atoms with Crippen LogP contribution >= 0.6 is 0 Å². The smallest absolute Gasteiger partial charge is 0.326 e. The second kappa shape index (κ2) is 11.9. The Hall–Kier alpha value is -4.00. The predicted molar refractivity (Wildman–Crippen MR) is 137 cm³/mol. The highest BCUT2D eigenvalue weighted by molar-refractivity contribution is 6.02. The van der Waals surface area contributed by atoms with Gasteiger partial charge < -0.3 is 20.1 Å². The molecule has 4 rings (SSSR count). The first-order chi connectivity index (χ1) is 17.1. The molecule has 1 saturated carbocycles. The van der Waals surface area contributed by atoms with Gasteiger partial charge in [-0.05, 0) is 67.8 Å². The number of anilines is 2. The minimum Gasteiger partial charge on any atom is -0.495 e. The Kier molecular flexibility index (Phi) is 8.22. The first-order valence-electron chi connectivity index (χ1n) is 12.0. The number of carbonyl (C=O) groups excluding carboxylic acids is 2. The highest BCUT2D eigenvalue weighted by atomic mass is 16.5. The molecule has 3 amide bonds. The van der Waals surface area contributed by atoms with Crippen molar-refractivity contribution in [2.75, 3.05) is 30.4 Å². The van der Waals surface area contributed by atoms with Gasteiger partial charge in [0.15, 0.2) is 0 Å². The van der Waals surface area contributed by atoms with E-state index in [1.807, 2.05) is 66.7 Å². The number of ether oxygens (including phenoxy) is 2. The molecule has 2 N–H and O–H groups in total. The Bertz CT molecular complexity index is 1110. The molecule has 182 valence electrons. The van der Waals surface area contributed by atoms with Gasteiger partial charge in [-0.15, -0.1) is 0 Å². The number of hydrogen-bond acceptors (Lipinski definition) is 4. The van der Waals surface area contributed by atoms with E-state index in [0.29, 0.717) is 36.7 Å². The van der Waals surface area contributed by atoms with Crippen LogP contribution < -0.4 is 25.0 Å². The Morgan fingerprint density at radius 2 is 1.60 bits per heavy atom. The second-order valence-corrected chi connectivity index (χ2v) is 8.46.